The quantitative estimate of drug-likeness (QED) is 0.713. The van der Waals surface area contributed by atoms with Gasteiger partial charge in [-0.2, -0.15) is 0 Å². The Hall–Kier alpha value is -0.830. The zero-order valence-corrected chi connectivity index (χ0v) is 15.0. The van der Waals surface area contributed by atoms with Gasteiger partial charge in [-0.1, -0.05) is 32.9 Å². The number of carbonyl (C=O) groups excluding carboxylic acids is 1. The molecule has 0 N–H and O–H groups in total. The zero-order chi connectivity index (χ0) is 15.4. The van der Waals surface area contributed by atoms with Gasteiger partial charge < -0.3 is 4.90 Å². The third kappa shape index (κ3) is 2.65. The molecule has 2 atom stereocenters. The predicted octanol–water partition coefficient (Wildman–Crippen LogP) is 4.80. The van der Waals surface area contributed by atoms with Crippen LogP contribution in [-0.2, 0) is 0 Å². The summed E-state index contributed by atoms with van der Waals surface area (Å²) in [5.74, 6) is 0.192. The molecule has 0 aromatic heterocycles. The molecule has 2 unspecified atom stereocenters. The van der Waals surface area contributed by atoms with Gasteiger partial charge in [0.2, 0.25) is 0 Å². The van der Waals surface area contributed by atoms with E-state index in [0.29, 0.717) is 16.9 Å². The molecule has 1 saturated carbocycles. The van der Waals surface area contributed by atoms with Gasteiger partial charge in [0.15, 0.2) is 0 Å². The van der Waals surface area contributed by atoms with Crippen molar-refractivity contribution in [1.82, 2.24) is 4.90 Å². The predicted molar refractivity (Wildman–Crippen MR) is 89.4 cm³/mol. The van der Waals surface area contributed by atoms with E-state index in [4.69, 9.17) is 0 Å². The lowest BCUT2D eigenvalue weighted by atomic mass is 9.65. The van der Waals surface area contributed by atoms with Crippen LogP contribution in [0.4, 0.5) is 0 Å². The molecule has 3 heteroatoms. The number of fused-ring (bicyclic) bond motifs is 2. The molecule has 1 aromatic carbocycles. The summed E-state index contributed by atoms with van der Waals surface area (Å²) in [5, 5.41) is 0. The molecule has 21 heavy (non-hydrogen) atoms. The highest BCUT2D eigenvalue weighted by atomic mass is 79.9. The van der Waals surface area contributed by atoms with Crippen molar-refractivity contribution in [2.45, 2.75) is 53.0 Å². The molecular formula is C18H24BrNO. The first-order valence-corrected chi connectivity index (χ1v) is 8.56. The number of benzene rings is 1. The van der Waals surface area contributed by atoms with Gasteiger partial charge in [-0.05, 0) is 64.6 Å². The van der Waals surface area contributed by atoms with Gasteiger partial charge in [0.05, 0.1) is 5.56 Å². The van der Waals surface area contributed by atoms with Gasteiger partial charge in [-0.15, -0.1) is 0 Å². The molecule has 3 rings (SSSR count). The minimum absolute atomic E-state index is 0.192. The van der Waals surface area contributed by atoms with Crippen molar-refractivity contribution in [3.05, 3.63) is 33.8 Å². The van der Waals surface area contributed by atoms with Crippen LogP contribution in [-0.4, -0.2) is 23.4 Å². The fraction of sp³-hybridized carbons (Fsp3) is 0.611. The molecule has 1 heterocycles. The highest BCUT2D eigenvalue weighted by molar-refractivity contribution is 9.10. The van der Waals surface area contributed by atoms with Crippen molar-refractivity contribution >= 4 is 21.8 Å². The van der Waals surface area contributed by atoms with E-state index in [1.54, 1.807) is 0 Å². The summed E-state index contributed by atoms with van der Waals surface area (Å²) < 4.78 is 0.945. The van der Waals surface area contributed by atoms with E-state index in [-0.39, 0.29) is 5.91 Å². The Kier molecular flexibility index (Phi) is 3.47. The number of aryl methyl sites for hydroxylation is 1. The van der Waals surface area contributed by atoms with E-state index in [2.05, 4.69) is 41.6 Å². The minimum atomic E-state index is 0.192. The maximum absolute atomic E-state index is 13.0. The summed E-state index contributed by atoms with van der Waals surface area (Å²) >= 11 is 3.59. The summed E-state index contributed by atoms with van der Waals surface area (Å²) in [6.07, 6.45) is 3.50. The van der Waals surface area contributed by atoms with Crippen LogP contribution >= 0.6 is 15.9 Å². The maximum Gasteiger partial charge on any atom is 0.255 e. The Labute approximate surface area is 136 Å². The second-order valence-corrected chi connectivity index (χ2v) is 8.88. The summed E-state index contributed by atoms with van der Waals surface area (Å²) in [6, 6.07) is 6.35. The topological polar surface area (TPSA) is 20.3 Å². The maximum atomic E-state index is 13.0. The van der Waals surface area contributed by atoms with E-state index in [9.17, 15) is 4.79 Å². The van der Waals surface area contributed by atoms with Gasteiger partial charge >= 0.3 is 0 Å². The van der Waals surface area contributed by atoms with Crippen molar-refractivity contribution in [3.8, 4) is 0 Å². The van der Waals surface area contributed by atoms with Gasteiger partial charge in [0.1, 0.15) is 0 Å². The van der Waals surface area contributed by atoms with E-state index in [0.717, 1.165) is 35.0 Å². The Morgan fingerprint density at radius 2 is 2.00 bits per heavy atom. The number of nitrogens with zero attached hydrogens (tertiary/aromatic N) is 1. The first kappa shape index (κ1) is 15.1. The molecule has 0 spiro atoms. The monoisotopic (exact) mass is 349 g/mol. The van der Waals surface area contributed by atoms with Gasteiger partial charge in [-0.3, -0.25) is 4.79 Å². The van der Waals surface area contributed by atoms with Gasteiger partial charge in [0.25, 0.3) is 5.91 Å². The Balaban J connectivity index is 1.92. The Morgan fingerprint density at radius 3 is 2.71 bits per heavy atom. The molecule has 2 fully saturated rings. The number of rotatable bonds is 1. The van der Waals surface area contributed by atoms with Crippen molar-refractivity contribution < 1.29 is 4.79 Å². The van der Waals surface area contributed by atoms with E-state index >= 15 is 0 Å². The average Bonchev–Trinajstić information content (AvgIpc) is 2.61. The van der Waals surface area contributed by atoms with Crippen LogP contribution < -0.4 is 0 Å². The Bertz CT molecular complexity index is 595. The molecule has 2 nitrogen and oxygen atoms in total. The summed E-state index contributed by atoms with van der Waals surface area (Å²) in [5.41, 5.74) is 2.56. The van der Waals surface area contributed by atoms with Crippen LogP contribution in [0, 0.1) is 17.8 Å². The van der Waals surface area contributed by atoms with Crippen LogP contribution in [0.1, 0.15) is 56.0 Å². The minimum Gasteiger partial charge on any atom is -0.335 e. The van der Waals surface area contributed by atoms with Crippen LogP contribution in [0.5, 0.6) is 0 Å². The largest absolute Gasteiger partial charge is 0.335 e. The summed E-state index contributed by atoms with van der Waals surface area (Å²) in [4.78, 5) is 15.1. The summed E-state index contributed by atoms with van der Waals surface area (Å²) in [6.45, 7) is 9.97. The Morgan fingerprint density at radius 1 is 1.29 bits per heavy atom. The third-order valence-corrected chi connectivity index (χ3v) is 6.15. The number of hydrogen-bond acceptors (Lipinski definition) is 1. The normalized spacial score (nSPS) is 30.5. The van der Waals surface area contributed by atoms with Crippen molar-refractivity contribution in [2.75, 3.05) is 6.54 Å². The smallest absolute Gasteiger partial charge is 0.255 e. The number of amides is 1. The standard InChI is InChI=1S/C18H24BrNO/c1-12-6-5-7-14(15(12)19)16(21)20-11-18(4)9-13(20)8-17(2,3)10-18/h5-7,13H,8-11H2,1-4H3. The molecule has 114 valence electrons. The fourth-order valence-corrected chi connectivity index (χ4v) is 5.10. The van der Waals surface area contributed by atoms with E-state index in [1.165, 1.54) is 6.42 Å². The molecule has 1 aliphatic carbocycles. The van der Waals surface area contributed by atoms with Crippen LogP contribution in [0.3, 0.4) is 0 Å². The van der Waals surface area contributed by atoms with E-state index in [1.807, 2.05) is 25.1 Å². The molecule has 1 aromatic rings. The highest BCUT2D eigenvalue weighted by Crippen LogP contribution is 2.52. The number of likely N-dealkylation sites (tertiary alicyclic amines) is 1. The van der Waals surface area contributed by atoms with Gasteiger partial charge in [-0.25, -0.2) is 0 Å². The number of carbonyl (C=O) groups is 1. The lowest BCUT2D eigenvalue weighted by Crippen LogP contribution is -2.37. The molecule has 2 bridgehead atoms. The molecule has 1 aliphatic heterocycles. The first-order valence-electron chi connectivity index (χ1n) is 7.77. The molecule has 0 radical (unpaired) electrons. The lowest BCUT2D eigenvalue weighted by Gasteiger charge is -2.39. The fourth-order valence-electron chi connectivity index (χ4n) is 4.66. The first-order chi connectivity index (χ1) is 9.71. The van der Waals surface area contributed by atoms with Crippen molar-refractivity contribution in [2.24, 2.45) is 10.8 Å². The molecule has 2 aliphatic rings. The third-order valence-electron chi connectivity index (χ3n) is 5.10. The van der Waals surface area contributed by atoms with Crippen LogP contribution in [0.15, 0.2) is 22.7 Å². The highest BCUT2D eigenvalue weighted by Gasteiger charge is 2.51. The van der Waals surface area contributed by atoms with Crippen molar-refractivity contribution in [3.63, 3.8) is 0 Å². The molecule has 1 amide bonds. The zero-order valence-electron chi connectivity index (χ0n) is 13.4. The average molecular weight is 350 g/mol. The molecule has 1 saturated heterocycles. The van der Waals surface area contributed by atoms with Gasteiger partial charge in [0, 0.05) is 17.1 Å². The molecular weight excluding hydrogens is 326 g/mol. The second kappa shape index (κ2) is 4.84. The second-order valence-electron chi connectivity index (χ2n) is 8.08. The van der Waals surface area contributed by atoms with Crippen LogP contribution in [0.25, 0.3) is 0 Å². The van der Waals surface area contributed by atoms with E-state index < -0.39 is 0 Å². The number of halogens is 1. The summed E-state index contributed by atoms with van der Waals surface area (Å²) in [7, 11) is 0. The SMILES string of the molecule is Cc1cccc(C(=O)N2CC3(C)CC2CC(C)(C)C3)c1Br. The lowest BCUT2D eigenvalue weighted by molar-refractivity contribution is 0.0707. The van der Waals surface area contributed by atoms with Crippen molar-refractivity contribution in [1.29, 1.82) is 0 Å². The van der Waals surface area contributed by atoms with Crippen LogP contribution in [0.2, 0.25) is 0 Å². The number of hydrogen-bond donors (Lipinski definition) is 0.